The van der Waals surface area contributed by atoms with Crippen molar-refractivity contribution in [2.75, 3.05) is 5.32 Å². The van der Waals surface area contributed by atoms with Crippen molar-refractivity contribution in [3.8, 4) is 5.75 Å². The summed E-state index contributed by atoms with van der Waals surface area (Å²) in [7, 11) is 0. The first-order chi connectivity index (χ1) is 15.4. The Balaban J connectivity index is 1.76. The standard InChI is InChI=1S/C26H40N2O4/c1-4-8-21(27-17(2)3)26(31)20-12-14-22(25-19(20)13-15-23(29)28-25)32-24(30)16-11-18-9-6-5-7-10-18/h12,14,17-18,21,26-27,31H,4-11,13,15-16H2,1-3H3,(H,28,29). The maximum Gasteiger partial charge on any atom is 0.311 e. The summed E-state index contributed by atoms with van der Waals surface area (Å²) in [4.78, 5) is 24.7. The zero-order chi connectivity index (χ0) is 23.1. The third-order valence-electron chi connectivity index (χ3n) is 6.73. The summed E-state index contributed by atoms with van der Waals surface area (Å²) >= 11 is 0. The summed E-state index contributed by atoms with van der Waals surface area (Å²) in [5, 5.41) is 17.6. The first-order valence-electron chi connectivity index (χ1n) is 12.5. The van der Waals surface area contributed by atoms with E-state index in [-0.39, 0.29) is 24.0 Å². The molecule has 1 saturated carbocycles. The molecule has 32 heavy (non-hydrogen) atoms. The van der Waals surface area contributed by atoms with Crippen LogP contribution < -0.4 is 15.4 Å². The smallest absolute Gasteiger partial charge is 0.311 e. The van der Waals surface area contributed by atoms with E-state index in [0.717, 1.165) is 30.4 Å². The molecule has 3 N–H and O–H groups in total. The first-order valence-corrected chi connectivity index (χ1v) is 12.5. The maximum atomic E-state index is 12.6. The van der Waals surface area contributed by atoms with E-state index in [1.165, 1.54) is 32.1 Å². The summed E-state index contributed by atoms with van der Waals surface area (Å²) in [5.41, 5.74) is 2.22. The second-order valence-corrected chi connectivity index (χ2v) is 9.73. The van der Waals surface area contributed by atoms with Crippen LogP contribution in [0.3, 0.4) is 0 Å². The minimum absolute atomic E-state index is 0.0781. The van der Waals surface area contributed by atoms with Gasteiger partial charge in [0.15, 0.2) is 5.75 Å². The van der Waals surface area contributed by atoms with E-state index in [1.54, 1.807) is 6.07 Å². The molecule has 178 valence electrons. The van der Waals surface area contributed by atoms with Crippen LogP contribution >= 0.6 is 0 Å². The van der Waals surface area contributed by atoms with Crippen molar-refractivity contribution in [1.82, 2.24) is 5.32 Å². The van der Waals surface area contributed by atoms with Gasteiger partial charge in [-0.1, -0.05) is 65.4 Å². The molecule has 3 rings (SSSR count). The largest absolute Gasteiger partial charge is 0.424 e. The number of hydrogen-bond donors (Lipinski definition) is 3. The average molecular weight is 445 g/mol. The molecule has 1 aliphatic carbocycles. The Kier molecular flexibility index (Phi) is 9.11. The lowest BCUT2D eigenvalue weighted by Crippen LogP contribution is -2.39. The number of benzene rings is 1. The van der Waals surface area contributed by atoms with Gasteiger partial charge in [0.25, 0.3) is 0 Å². The Morgan fingerprint density at radius 3 is 2.66 bits per heavy atom. The molecule has 0 saturated heterocycles. The van der Waals surface area contributed by atoms with Gasteiger partial charge < -0.3 is 20.5 Å². The van der Waals surface area contributed by atoms with Crippen molar-refractivity contribution in [2.45, 2.75) is 110 Å². The molecule has 1 aromatic rings. The van der Waals surface area contributed by atoms with E-state index in [0.29, 0.717) is 36.6 Å². The van der Waals surface area contributed by atoms with Crippen LogP contribution in [0, 0.1) is 5.92 Å². The van der Waals surface area contributed by atoms with Crippen LogP contribution in [-0.2, 0) is 16.0 Å². The van der Waals surface area contributed by atoms with Gasteiger partial charge >= 0.3 is 5.97 Å². The number of nitrogens with one attached hydrogen (secondary N) is 2. The zero-order valence-electron chi connectivity index (χ0n) is 19.9. The summed E-state index contributed by atoms with van der Waals surface area (Å²) in [5.74, 6) is 0.665. The first kappa shape index (κ1) is 24.7. The molecule has 2 aliphatic rings. The molecule has 1 amide bonds. The van der Waals surface area contributed by atoms with Gasteiger partial charge in [-0.15, -0.1) is 0 Å². The number of carbonyl (C=O) groups excluding carboxylic acids is 2. The van der Waals surface area contributed by atoms with Gasteiger partial charge in [0.05, 0.1) is 11.8 Å². The highest BCUT2D eigenvalue weighted by atomic mass is 16.5. The van der Waals surface area contributed by atoms with E-state index in [2.05, 4.69) is 31.4 Å². The van der Waals surface area contributed by atoms with E-state index >= 15 is 0 Å². The minimum atomic E-state index is -0.697. The van der Waals surface area contributed by atoms with Gasteiger partial charge in [-0.25, -0.2) is 0 Å². The molecular weight excluding hydrogens is 404 g/mol. The SMILES string of the molecule is CCCC(NC(C)C)C(O)c1ccc(OC(=O)CCC2CCCCC2)c2c1CCC(=O)N2. The maximum absolute atomic E-state index is 12.6. The lowest BCUT2D eigenvalue weighted by molar-refractivity contribution is -0.134. The fourth-order valence-corrected chi connectivity index (χ4v) is 5.11. The van der Waals surface area contributed by atoms with Gasteiger partial charge in [-0.2, -0.15) is 0 Å². The predicted octanol–water partition coefficient (Wildman–Crippen LogP) is 5.04. The minimum Gasteiger partial charge on any atom is -0.424 e. The van der Waals surface area contributed by atoms with Gasteiger partial charge in [0.1, 0.15) is 0 Å². The topological polar surface area (TPSA) is 87.7 Å². The lowest BCUT2D eigenvalue weighted by atomic mass is 9.86. The van der Waals surface area contributed by atoms with Crippen LogP contribution in [0.4, 0.5) is 5.69 Å². The number of hydrogen-bond acceptors (Lipinski definition) is 5. The molecule has 0 bridgehead atoms. The quantitative estimate of drug-likeness (QED) is 0.348. The molecule has 2 atom stereocenters. The fraction of sp³-hybridized carbons (Fsp3) is 0.692. The Morgan fingerprint density at radius 1 is 1.22 bits per heavy atom. The molecule has 1 aromatic carbocycles. The molecule has 0 aromatic heterocycles. The second kappa shape index (κ2) is 11.8. The van der Waals surface area contributed by atoms with Crippen molar-refractivity contribution in [1.29, 1.82) is 0 Å². The van der Waals surface area contributed by atoms with Crippen LogP contribution in [0.25, 0.3) is 0 Å². The third-order valence-corrected chi connectivity index (χ3v) is 6.73. The molecule has 1 fully saturated rings. The average Bonchev–Trinajstić information content (AvgIpc) is 2.77. The molecule has 2 unspecified atom stereocenters. The van der Waals surface area contributed by atoms with Crippen LogP contribution in [-0.4, -0.2) is 29.1 Å². The monoisotopic (exact) mass is 444 g/mol. The van der Waals surface area contributed by atoms with Crippen LogP contribution in [0.2, 0.25) is 0 Å². The number of aliphatic hydroxyl groups is 1. The van der Waals surface area contributed by atoms with Gasteiger partial charge in [-0.3, -0.25) is 9.59 Å². The molecule has 6 heteroatoms. The van der Waals surface area contributed by atoms with Crippen molar-refractivity contribution >= 4 is 17.6 Å². The number of rotatable bonds is 10. The van der Waals surface area contributed by atoms with E-state index in [9.17, 15) is 14.7 Å². The van der Waals surface area contributed by atoms with Crippen LogP contribution in [0.15, 0.2) is 12.1 Å². The highest BCUT2D eigenvalue weighted by Crippen LogP contribution is 2.39. The highest BCUT2D eigenvalue weighted by Gasteiger charge is 2.29. The van der Waals surface area contributed by atoms with E-state index in [1.807, 2.05) is 6.07 Å². The fourth-order valence-electron chi connectivity index (χ4n) is 5.11. The Hall–Kier alpha value is -1.92. The zero-order valence-corrected chi connectivity index (χ0v) is 19.9. The molecule has 0 radical (unpaired) electrons. The summed E-state index contributed by atoms with van der Waals surface area (Å²) < 4.78 is 5.71. The number of esters is 1. The number of ether oxygens (including phenoxy) is 1. The number of fused-ring (bicyclic) bond motifs is 1. The summed E-state index contributed by atoms with van der Waals surface area (Å²) in [6.45, 7) is 6.25. The van der Waals surface area contributed by atoms with Gasteiger partial charge in [0.2, 0.25) is 5.91 Å². The molecule has 0 spiro atoms. The van der Waals surface area contributed by atoms with Crippen molar-refractivity contribution in [2.24, 2.45) is 5.92 Å². The summed E-state index contributed by atoms with van der Waals surface area (Å²) in [6.07, 6.45) is 9.48. The van der Waals surface area contributed by atoms with E-state index < -0.39 is 6.10 Å². The molecule has 6 nitrogen and oxygen atoms in total. The van der Waals surface area contributed by atoms with Crippen molar-refractivity contribution < 1.29 is 19.4 Å². The van der Waals surface area contributed by atoms with Gasteiger partial charge in [-0.05, 0) is 42.4 Å². The third kappa shape index (κ3) is 6.55. The molecule has 1 aliphatic heterocycles. The Morgan fingerprint density at radius 2 is 1.97 bits per heavy atom. The van der Waals surface area contributed by atoms with Crippen LogP contribution in [0.1, 0.15) is 102 Å². The number of anilines is 1. The molecule has 1 heterocycles. The van der Waals surface area contributed by atoms with Crippen molar-refractivity contribution in [3.05, 3.63) is 23.3 Å². The number of aliphatic hydroxyl groups excluding tert-OH is 1. The summed E-state index contributed by atoms with van der Waals surface area (Å²) in [6, 6.07) is 3.75. The second-order valence-electron chi connectivity index (χ2n) is 9.73. The molecular formula is C26H40N2O4. The van der Waals surface area contributed by atoms with E-state index in [4.69, 9.17) is 4.74 Å². The Labute approximate surface area is 192 Å². The lowest BCUT2D eigenvalue weighted by Gasteiger charge is -2.30. The number of amides is 1. The highest BCUT2D eigenvalue weighted by molar-refractivity contribution is 5.96. The van der Waals surface area contributed by atoms with Crippen molar-refractivity contribution in [3.63, 3.8) is 0 Å². The normalized spacial score (nSPS) is 18.7. The number of carbonyl (C=O) groups is 2. The van der Waals surface area contributed by atoms with Gasteiger partial charge in [0, 0.05) is 24.9 Å². The predicted molar refractivity (Wildman–Crippen MR) is 127 cm³/mol. The Bertz CT molecular complexity index is 786. The van der Waals surface area contributed by atoms with Crippen LogP contribution in [0.5, 0.6) is 5.75 Å².